The summed E-state index contributed by atoms with van der Waals surface area (Å²) in [4.78, 5) is 10.7. The van der Waals surface area contributed by atoms with Crippen molar-refractivity contribution in [1.29, 1.82) is 0 Å². The van der Waals surface area contributed by atoms with Gasteiger partial charge in [-0.15, -0.1) is 0 Å². The van der Waals surface area contributed by atoms with E-state index in [1.54, 1.807) is 0 Å². The van der Waals surface area contributed by atoms with Crippen molar-refractivity contribution >= 4 is 11.6 Å². The predicted molar refractivity (Wildman–Crippen MR) is 80.7 cm³/mol. The first-order chi connectivity index (χ1) is 9.56. The van der Waals surface area contributed by atoms with Crippen LogP contribution in [0.5, 0.6) is 5.75 Å². The molecule has 4 nitrogen and oxygen atoms in total. The second-order valence-electron chi connectivity index (χ2n) is 5.84. The fourth-order valence-electron chi connectivity index (χ4n) is 2.99. The number of nitrogens with one attached hydrogen (secondary N) is 1. The Morgan fingerprint density at radius 1 is 1.35 bits per heavy atom. The first kappa shape index (κ1) is 14.7. The van der Waals surface area contributed by atoms with Crippen LogP contribution in [0.4, 0.5) is 5.69 Å². The van der Waals surface area contributed by atoms with Crippen LogP contribution < -0.4 is 15.8 Å². The standard InChI is InChI=1S/C16H24N2O2/c1-11-5-3-6-12(2)16(11)18-13-7-4-8-14(9-13)20-10-15(17)19/h4,7-9,11-12,16,18H,3,5-6,10H2,1-2H3,(H2,17,19). The van der Waals surface area contributed by atoms with Crippen molar-refractivity contribution in [2.75, 3.05) is 11.9 Å². The average Bonchev–Trinajstić information content (AvgIpc) is 2.41. The fourth-order valence-corrected chi connectivity index (χ4v) is 2.99. The summed E-state index contributed by atoms with van der Waals surface area (Å²) in [6.45, 7) is 4.53. The summed E-state index contributed by atoms with van der Waals surface area (Å²) in [6, 6.07) is 8.22. The Hall–Kier alpha value is -1.71. The van der Waals surface area contributed by atoms with E-state index in [4.69, 9.17) is 10.5 Å². The molecule has 1 aliphatic rings. The molecule has 1 aromatic carbocycles. The monoisotopic (exact) mass is 276 g/mol. The van der Waals surface area contributed by atoms with E-state index in [1.165, 1.54) is 19.3 Å². The molecule has 0 aromatic heterocycles. The molecule has 1 fully saturated rings. The van der Waals surface area contributed by atoms with Crippen LogP contribution in [-0.2, 0) is 4.79 Å². The lowest BCUT2D eigenvalue weighted by atomic mass is 9.78. The van der Waals surface area contributed by atoms with E-state index in [0.717, 1.165) is 5.69 Å². The number of ether oxygens (including phenoxy) is 1. The molecule has 0 radical (unpaired) electrons. The molecule has 0 bridgehead atoms. The van der Waals surface area contributed by atoms with Crippen molar-refractivity contribution in [2.24, 2.45) is 17.6 Å². The first-order valence-corrected chi connectivity index (χ1v) is 7.34. The van der Waals surface area contributed by atoms with Crippen molar-refractivity contribution in [3.63, 3.8) is 0 Å². The SMILES string of the molecule is CC1CCCC(C)C1Nc1cccc(OCC(N)=O)c1. The van der Waals surface area contributed by atoms with Crippen LogP contribution >= 0.6 is 0 Å². The molecule has 2 unspecified atom stereocenters. The summed E-state index contributed by atoms with van der Waals surface area (Å²) in [5.41, 5.74) is 6.12. The van der Waals surface area contributed by atoms with Gasteiger partial charge in [-0.3, -0.25) is 4.79 Å². The van der Waals surface area contributed by atoms with Gasteiger partial charge in [-0.25, -0.2) is 0 Å². The van der Waals surface area contributed by atoms with Crippen LogP contribution in [-0.4, -0.2) is 18.6 Å². The fraction of sp³-hybridized carbons (Fsp3) is 0.562. The van der Waals surface area contributed by atoms with Gasteiger partial charge in [0.15, 0.2) is 6.61 Å². The Labute approximate surface area is 120 Å². The minimum Gasteiger partial charge on any atom is -0.484 e. The average molecular weight is 276 g/mol. The molecule has 110 valence electrons. The van der Waals surface area contributed by atoms with Gasteiger partial charge in [0, 0.05) is 17.8 Å². The summed E-state index contributed by atoms with van der Waals surface area (Å²) in [7, 11) is 0. The highest BCUT2D eigenvalue weighted by Crippen LogP contribution is 2.31. The molecule has 1 saturated carbocycles. The Balaban J connectivity index is 2.01. The minimum absolute atomic E-state index is 0.0836. The summed E-state index contributed by atoms with van der Waals surface area (Å²) >= 11 is 0. The molecule has 4 heteroatoms. The molecule has 2 rings (SSSR count). The molecular weight excluding hydrogens is 252 g/mol. The zero-order valence-electron chi connectivity index (χ0n) is 12.3. The molecule has 20 heavy (non-hydrogen) atoms. The Morgan fingerprint density at radius 2 is 2.05 bits per heavy atom. The van der Waals surface area contributed by atoms with Gasteiger partial charge in [0.25, 0.3) is 5.91 Å². The van der Waals surface area contributed by atoms with Gasteiger partial charge in [0.1, 0.15) is 5.75 Å². The van der Waals surface area contributed by atoms with Crippen molar-refractivity contribution in [3.8, 4) is 5.75 Å². The molecule has 0 heterocycles. The number of primary amides is 1. The van der Waals surface area contributed by atoms with E-state index in [9.17, 15) is 4.79 Å². The van der Waals surface area contributed by atoms with E-state index >= 15 is 0 Å². The number of hydrogen-bond acceptors (Lipinski definition) is 3. The second-order valence-corrected chi connectivity index (χ2v) is 5.84. The lowest BCUT2D eigenvalue weighted by Gasteiger charge is -2.36. The lowest BCUT2D eigenvalue weighted by molar-refractivity contribution is -0.119. The molecule has 2 atom stereocenters. The third-order valence-electron chi connectivity index (χ3n) is 4.09. The van der Waals surface area contributed by atoms with Gasteiger partial charge >= 0.3 is 0 Å². The highest BCUT2D eigenvalue weighted by molar-refractivity contribution is 5.75. The maximum Gasteiger partial charge on any atom is 0.255 e. The highest BCUT2D eigenvalue weighted by atomic mass is 16.5. The number of hydrogen-bond donors (Lipinski definition) is 2. The number of carbonyl (C=O) groups excluding carboxylic acids is 1. The van der Waals surface area contributed by atoms with Gasteiger partial charge in [-0.05, 0) is 36.8 Å². The minimum atomic E-state index is -0.460. The number of carbonyl (C=O) groups is 1. The zero-order valence-corrected chi connectivity index (χ0v) is 12.3. The normalized spacial score (nSPS) is 26.0. The Bertz CT molecular complexity index is 452. The molecule has 0 saturated heterocycles. The largest absolute Gasteiger partial charge is 0.484 e. The van der Waals surface area contributed by atoms with Gasteiger partial charge < -0.3 is 15.8 Å². The summed E-state index contributed by atoms with van der Waals surface area (Å²) in [6.07, 6.45) is 3.88. The smallest absolute Gasteiger partial charge is 0.255 e. The van der Waals surface area contributed by atoms with E-state index in [0.29, 0.717) is 23.6 Å². The van der Waals surface area contributed by atoms with E-state index in [-0.39, 0.29) is 6.61 Å². The zero-order chi connectivity index (χ0) is 14.5. The van der Waals surface area contributed by atoms with Crippen LogP contribution in [0.15, 0.2) is 24.3 Å². The molecule has 3 N–H and O–H groups in total. The molecular formula is C16H24N2O2. The molecule has 1 aromatic rings. The highest BCUT2D eigenvalue weighted by Gasteiger charge is 2.27. The van der Waals surface area contributed by atoms with Crippen molar-refractivity contribution in [2.45, 2.75) is 39.2 Å². The van der Waals surface area contributed by atoms with Gasteiger partial charge in [0.2, 0.25) is 0 Å². The van der Waals surface area contributed by atoms with Crippen molar-refractivity contribution in [3.05, 3.63) is 24.3 Å². The molecule has 0 spiro atoms. The maximum atomic E-state index is 10.7. The number of amides is 1. The predicted octanol–water partition coefficient (Wildman–Crippen LogP) is 2.79. The van der Waals surface area contributed by atoms with Gasteiger partial charge in [0.05, 0.1) is 0 Å². The molecule has 1 amide bonds. The van der Waals surface area contributed by atoms with E-state index in [1.807, 2.05) is 24.3 Å². The lowest BCUT2D eigenvalue weighted by Crippen LogP contribution is -2.37. The quantitative estimate of drug-likeness (QED) is 0.869. The summed E-state index contributed by atoms with van der Waals surface area (Å²) in [5, 5.41) is 3.61. The number of anilines is 1. The van der Waals surface area contributed by atoms with Crippen LogP contribution in [0.2, 0.25) is 0 Å². The van der Waals surface area contributed by atoms with Gasteiger partial charge in [-0.2, -0.15) is 0 Å². The van der Waals surface area contributed by atoms with E-state index < -0.39 is 5.91 Å². The van der Waals surface area contributed by atoms with Gasteiger partial charge in [-0.1, -0.05) is 26.3 Å². The summed E-state index contributed by atoms with van der Waals surface area (Å²) in [5.74, 6) is 1.56. The van der Waals surface area contributed by atoms with Crippen molar-refractivity contribution in [1.82, 2.24) is 0 Å². The Kier molecular flexibility index (Phi) is 4.88. The van der Waals surface area contributed by atoms with Crippen LogP contribution in [0.3, 0.4) is 0 Å². The van der Waals surface area contributed by atoms with Crippen LogP contribution in [0, 0.1) is 11.8 Å². The topological polar surface area (TPSA) is 64.3 Å². The number of benzene rings is 1. The molecule has 1 aliphatic carbocycles. The summed E-state index contributed by atoms with van der Waals surface area (Å²) < 4.78 is 5.34. The van der Waals surface area contributed by atoms with Crippen LogP contribution in [0.25, 0.3) is 0 Å². The van der Waals surface area contributed by atoms with Crippen LogP contribution in [0.1, 0.15) is 33.1 Å². The first-order valence-electron chi connectivity index (χ1n) is 7.34. The third-order valence-corrected chi connectivity index (χ3v) is 4.09. The van der Waals surface area contributed by atoms with Crippen molar-refractivity contribution < 1.29 is 9.53 Å². The second kappa shape index (κ2) is 6.64. The number of rotatable bonds is 5. The number of nitrogens with two attached hydrogens (primary N) is 1. The maximum absolute atomic E-state index is 10.7. The van der Waals surface area contributed by atoms with E-state index in [2.05, 4.69) is 19.2 Å². The Morgan fingerprint density at radius 3 is 2.70 bits per heavy atom. The third kappa shape index (κ3) is 3.89. The molecule has 0 aliphatic heterocycles.